The number of anilines is 2. The van der Waals surface area contributed by atoms with E-state index >= 15 is 0 Å². The average molecular weight is 349 g/mol. The van der Waals surface area contributed by atoms with Crippen LogP contribution in [0.5, 0.6) is 0 Å². The average Bonchev–Trinajstić information content (AvgIpc) is 2.56. The van der Waals surface area contributed by atoms with E-state index in [1.165, 1.54) is 29.8 Å². The first-order valence-corrected chi connectivity index (χ1v) is 7.46. The molecule has 1 aromatic carbocycles. The van der Waals surface area contributed by atoms with E-state index < -0.39 is 17.1 Å². The summed E-state index contributed by atoms with van der Waals surface area (Å²) in [7, 11) is 2.95. The standard InChI is InChI=1S/C16H14ClFN4O2/c1-8-7-19-14-12(15(23)22(3)16(24)21(14)2)13(8)20-9-4-5-11(18)10(17)6-9/h4-7H,1-3H3,(H,19,20). The van der Waals surface area contributed by atoms with Crippen molar-refractivity contribution in [2.75, 3.05) is 5.32 Å². The van der Waals surface area contributed by atoms with Crippen LogP contribution in [0.25, 0.3) is 11.0 Å². The predicted molar refractivity (Wildman–Crippen MR) is 91.7 cm³/mol. The van der Waals surface area contributed by atoms with E-state index in [4.69, 9.17) is 11.6 Å². The molecule has 0 unspecified atom stereocenters. The summed E-state index contributed by atoms with van der Waals surface area (Å²) in [6.45, 7) is 1.78. The third-order valence-corrected chi connectivity index (χ3v) is 4.14. The van der Waals surface area contributed by atoms with Gasteiger partial charge in [-0.3, -0.25) is 13.9 Å². The lowest BCUT2D eigenvalue weighted by atomic mass is 10.1. The zero-order valence-corrected chi connectivity index (χ0v) is 14.0. The molecule has 8 heteroatoms. The Kier molecular flexibility index (Phi) is 3.88. The first-order chi connectivity index (χ1) is 11.3. The van der Waals surface area contributed by atoms with Gasteiger partial charge in [0.1, 0.15) is 11.2 Å². The second-order valence-electron chi connectivity index (χ2n) is 5.47. The minimum absolute atomic E-state index is 0.0312. The predicted octanol–water partition coefficient (Wildman–Crippen LogP) is 2.48. The Balaban J connectivity index is 2.31. The molecule has 0 fully saturated rings. The maximum atomic E-state index is 13.3. The Hall–Kier alpha value is -2.67. The van der Waals surface area contributed by atoms with Gasteiger partial charge < -0.3 is 5.32 Å². The number of benzene rings is 1. The Morgan fingerprint density at radius 2 is 1.92 bits per heavy atom. The molecule has 0 bridgehead atoms. The Labute approximate surface area is 141 Å². The van der Waals surface area contributed by atoms with E-state index in [-0.39, 0.29) is 16.1 Å². The van der Waals surface area contributed by atoms with Gasteiger partial charge in [0.2, 0.25) is 0 Å². The number of nitrogens with zero attached hydrogens (tertiary/aromatic N) is 3. The van der Waals surface area contributed by atoms with E-state index in [0.29, 0.717) is 16.9 Å². The highest BCUT2D eigenvalue weighted by molar-refractivity contribution is 6.31. The first-order valence-electron chi connectivity index (χ1n) is 7.08. The van der Waals surface area contributed by atoms with Crippen LogP contribution in [0.3, 0.4) is 0 Å². The van der Waals surface area contributed by atoms with Crippen molar-refractivity contribution < 1.29 is 4.39 Å². The number of hydrogen-bond donors (Lipinski definition) is 1. The van der Waals surface area contributed by atoms with E-state index in [9.17, 15) is 14.0 Å². The number of nitrogens with one attached hydrogen (secondary N) is 1. The Morgan fingerprint density at radius 3 is 2.58 bits per heavy atom. The topological polar surface area (TPSA) is 68.9 Å². The molecule has 3 aromatic rings. The van der Waals surface area contributed by atoms with Gasteiger partial charge in [-0.05, 0) is 30.7 Å². The molecule has 124 valence electrons. The summed E-state index contributed by atoms with van der Waals surface area (Å²) in [4.78, 5) is 28.8. The van der Waals surface area contributed by atoms with E-state index in [2.05, 4.69) is 10.3 Å². The summed E-state index contributed by atoms with van der Waals surface area (Å²) < 4.78 is 15.6. The molecule has 6 nitrogen and oxygen atoms in total. The van der Waals surface area contributed by atoms with Crippen molar-refractivity contribution in [2.24, 2.45) is 14.1 Å². The molecule has 2 heterocycles. The van der Waals surface area contributed by atoms with Crippen LogP contribution in [0.15, 0.2) is 34.0 Å². The summed E-state index contributed by atoms with van der Waals surface area (Å²) >= 11 is 5.80. The van der Waals surface area contributed by atoms with Gasteiger partial charge in [0.15, 0.2) is 5.65 Å². The number of halogens is 2. The van der Waals surface area contributed by atoms with Crippen LogP contribution in [0.2, 0.25) is 5.02 Å². The molecule has 0 atom stereocenters. The van der Waals surface area contributed by atoms with Crippen molar-refractivity contribution >= 4 is 34.0 Å². The van der Waals surface area contributed by atoms with Crippen LogP contribution < -0.4 is 16.6 Å². The summed E-state index contributed by atoms with van der Waals surface area (Å²) in [6, 6.07) is 4.17. The Bertz CT molecular complexity index is 1090. The van der Waals surface area contributed by atoms with Crippen molar-refractivity contribution in [1.82, 2.24) is 14.1 Å². The van der Waals surface area contributed by atoms with Gasteiger partial charge in [0.25, 0.3) is 5.56 Å². The molecule has 2 aromatic heterocycles. The second kappa shape index (κ2) is 5.76. The van der Waals surface area contributed by atoms with E-state index in [0.717, 1.165) is 4.57 Å². The van der Waals surface area contributed by atoms with Crippen molar-refractivity contribution in [2.45, 2.75) is 6.92 Å². The second-order valence-corrected chi connectivity index (χ2v) is 5.88. The lowest BCUT2D eigenvalue weighted by Gasteiger charge is -2.14. The number of pyridine rings is 1. The SMILES string of the molecule is Cc1cnc2c(c1Nc1ccc(F)c(Cl)c1)c(=O)n(C)c(=O)n2C. The van der Waals surface area contributed by atoms with Crippen molar-refractivity contribution in [1.29, 1.82) is 0 Å². The van der Waals surface area contributed by atoms with Gasteiger partial charge in [-0.25, -0.2) is 14.2 Å². The van der Waals surface area contributed by atoms with Crippen LogP contribution in [0.4, 0.5) is 15.8 Å². The van der Waals surface area contributed by atoms with Crippen LogP contribution >= 0.6 is 11.6 Å². The zero-order chi connectivity index (χ0) is 17.6. The highest BCUT2D eigenvalue weighted by Crippen LogP contribution is 2.27. The fourth-order valence-electron chi connectivity index (χ4n) is 2.50. The van der Waals surface area contributed by atoms with Gasteiger partial charge in [0, 0.05) is 26.0 Å². The van der Waals surface area contributed by atoms with E-state index in [1.54, 1.807) is 20.2 Å². The molecule has 0 saturated heterocycles. The summed E-state index contributed by atoms with van der Waals surface area (Å²) in [6.07, 6.45) is 1.56. The van der Waals surface area contributed by atoms with Crippen molar-refractivity contribution in [3.8, 4) is 0 Å². The zero-order valence-electron chi connectivity index (χ0n) is 13.2. The smallest absolute Gasteiger partial charge is 0.332 e. The first kappa shape index (κ1) is 16.2. The fraction of sp³-hybridized carbons (Fsp3) is 0.188. The molecule has 3 rings (SSSR count). The van der Waals surface area contributed by atoms with Crippen LogP contribution in [-0.2, 0) is 14.1 Å². The minimum atomic E-state index is -0.531. The molecule has 0 amide bonds. The van der Waals surface area contributed by atoms with Crippen molar-refractivity contribution in [3.05, 3.63) is 61.6 Å². The highest BCUT2D eigenvalue weighted by Gasteiger charge is 2.16. The molecule has 0 radical (unpaired) electrons. The van der Waals surface area contributed by atoms with Gasteiger partial charge in [-0.15, -0.1) is 0 Å². The molecule has 0 aliphatic rings. The number of aromatic nitrogens is 3. The number of hydrogen-bond acceptors (Lipinski definition) is 4. The summed E-state index contributed by atoms with van der Waals surface area (Å²) in [5, 5.41) is 3.32. The lowest BCUT2D eigenvalue weighted by Crippen LogP contribution is -2.37. The maximum absolute atomic E-state index is 13.3. The molecule has 24 heavy (non-hydrogen) atoms. The third-order valence-electron chi connectivity index (χ3n) is 3.85. The van der Waals surface area contributed by atoms with Crippen LogP contribution in [-0.4, -0.2) is 14.1 Å². The largest absolute Gasteiger partial charge is 0.354 e. The van der Waals surface area contributed by atoms with Gasteiger partial charge in [0.05, 0.1) is 10.7 Å². The van der Waals surface area contributed by atoms with Crippen molar-refractivity contribution in [3.63, 3.8) is 0 Å². The normalized spacial score (nSPS) is 11.0. The summed E-state index contributed by atoms with van der Waals surface area (Å²) in [5.41, 5.74) is 1.08. The lowest BCUT2D eigenvalue weighted by molar-refractivity contribution is 0.628. The van der Waals surface area contributed by atoms with Crippen LogP contribution in [0, 0.1) is 12.7 Å². The van der Waals surface area contributed by atoms with E-state index in [1.807, 2.05) is 0 Å². The molecule has 0 saturated carbocycles. The summed E-state index contributed by atoms with van der Waals surface area (Å²) in [5.74, 6) is -0.531. The molecule has 0 aliphatic carbocycles. The molecule has 0 aliphatic heterocycles. The van der Waals surface area contributed by atoms with Gasteiger partial charge in [-0.1, -0.05) is 11.6 Å². The number of aryl methyl sites for hydroxylation is 2. The quantitative estimate of drug-likeness (QED) is 0.772. The number of fused-ring (bicyclic) bond motifs is 1. The molecular weight excluding hydrogens is 335 g/mol. The maximum Gasteiger partial charge on any atom is 0.332 e. The number of rotatable bonds is 2. The molecular formula is C16H14ClFN4O2. The highest BCUT2D eigenvalue weighted by atomic mass is 35.5. The molecule has 0 spiro atoms. The monoisotopic (exact) mass is 348 g/mol. The van der Waals surface area contributed by atoms with Gasteiger partial charge in [-0.2, -0.15) is 0 Å². The third kappa shape index (κ3) is 2.46. The molecule has 1 N–H and O–H groups in total. The fourth-order valence-corrected chi connectivity index (χ4v) is 2.68. The van der Waals surface area contributed by atoms with Crippen LogP contribution in [0.1, 0.15) is 5.56 Å². The van der Waals surface area contributed by atoms with Gasteiger partial charge >= 0.3 is 5.69 Å². The Morgan fingerprint density at radius 1 is 1.21 bits per heavy atom. The minimum Gasteiger partial charge on any atom is -0.354 e.